The molecule has 4 nitrogen and oxygen atoms in total. The van der Waals surface area contributed by atoms with E-state index in [0.29, 0.717) is 28.8 Å². The minimum absolute atomic E-state index is 0.0286. The van der Waals surface area contributed by atoms with Gasteiger partial charge in [-0.05, 0) is 62.0 Å². The molecule has 3 rings (SSSR count). The zero-order valence-corrected chi connectivity index (χ0v) is 15.0. The molecule has 0 aliphatic carbocycles. The summed E-state index contributed by atoms with van der Waals surface area (Å²) in [6.45, 7) is 5.16. The predicted molar refractivity (Wildman–Crippen MR) is 100 cm³/mol. The lowest BCUT2D eigenvalue weighted by Crippen LogP contribution is -2.28. The van der Waals surface area contributed by atoms with Crippen molar-refractivity contribution in [3.63, 3.8) is 0 Å². The van der Waals surface area contributed by atoms with Crippen molar-refractivity contribution in [1.29, 1.82) is 0 Å². The summed E-state index contributed by atoms with van der Waals surface area (Å²) in [5.41, 5.74) is 0.942. The molecule has 2 aromatic rings. The number of hydrogen-bond acceptors (Lipinski definition) is 4. The Kier molecular flexibility index (Phi) is 5.11. The Labute approximate surface area is 150 Å². The zero-order valence-electron chi connectivity index (χ0n) is 13.5. The number of carbonyl (C=O) groups is 1. The van der Waals surface area contributed by atoms with Crippen LogP contribution in [0.3, 0.4) is 0 Å². The molecule has 24 heavy (non-hydrogen) atoms. The number of thioether (sulfide) groups is 1. The van der Waals surface area contributed by atoms with Crippen molar-refractivity contribution in [2.75, 3.05) is 13.1 Å². The number of amides is 1. The molecule has 1 aliphatic heterocycles. The van der Waals surface area contributed by atoms with Crippen molar-refractivity contribution in [3.05, 3.63) is 52.1 Å². The van der Waals surface area contributed by atoms with E-state index in [9.17, 15) is 4.79 Å². The molecule has 2 heterocycles. The second-order valence-electron chi connectivity index (χ2n) is 5.13. The second-order valence-corrected chi connectivity index (χ2v) is 6.57. The van der Waals surface area contributed by atoms with Gasteiger partial charge in [-0.3, -0.25) is 14.7 Å². The van der Waals surface area contributed by atoms with Gasteiger partial charge in [-0.2, -0.15) is 0 Å². The van der Waals surface area contributed by atoms with Gasteiger partial charge < -0.3 is 4.42 Å². The number of nitrogens with zero attached hydrogens (tertiary/aromatic N) is 2. The molecule has 1 fully saturated rings. The van der Waals surface area contributed by atoms with E-state index in [2.05, 4.69) is 4.99 Å². The average molecular weight is 361 g/mol. The third kappa shape index (κ3) is 3.42. The smallest absolute Gasteiger partial charge is 0.266 e. The van der Waals surface area contributed by atoms with Crippen LogP contribution in [-0.2, 0) is 4.79 Å². The van der Waals surface area contributed by atoms with E-state index >= 15 is 0 Å². The highest BCUT2D eigenvalue weighted by Crippen LogP contribution is 2.33. The molecule has 6 heteroatoms. The Balaban J connectivity index is 1.86. The standard InChI is InChI=1S/C18H17ClN2O2S/c1-3-20-18-21(4-2)17(22)16(24-18)11-14-9-10-15(23-14)12-5-7-13(19)8-6-12/h5-11H,3-4H2,1-2H3/b16-11+,20-18?. The van der Waals surface area contributed by atoms with Gasteiger partial charge in [-0.25, -0.2) is 0 Å². The highest BCUT2D eigenvalue weighted by Gasteiger charge is 2.32. The summed E-state index contributed by atoms with van der Waals surface area (Å²) < 4.78 is 5.84. The molecule has 0 radical (unpaired) electrons. The van der Waals surface area contributed by atoms with E-state index in [-0.39, 0.29) is 5.91 Å². The van der Waals surface area contributed by atoms with Crippen LogP contribution in [0, 0.1) is 0 Å². The monoisotopic (exact) mass is 360 g/mol. The Bertz CT molecular complexity index is 809. The highest BCUT2D eigenvalue weighted by atomic mass is 35.5. The molecule has 0 N–H and O–H groups in total. The van der Waals surface area contributed by atoms with E-state index < -0.39 is 0 Å². The van der Waals surface area contributed by atoms with Gasteiger partial charge in [0.05, 0.1) is 4.91 Å². The fourth-order valence-electron chi connectivity index (χ4n) is 2.37. The summed E-state index contributed by atoms with van der Waals surface area (Å²) in [5, 5.41) is 1.43. The largest absolute Gasteiger partial charge is 0.457 e. The molecule has 1 aliphatic rings. The van der Waals surface area contributed by atoms with Crippen LogP contribution >= 0.6 is 23.4 Å². The lowest BCUT2D eigenvalue weighted by molar-refractivity contribution is -0.122. The minimum atomic E-state index is -0.0286. The van der Waals surface area contributed by atoms with E-state index in [4.69, 9.17) is 16.0 Å². The third-order valence-electron chi connectivity index (χ3n) is 3.53. The van der Waals surface area contributed by atoms with Gasteiger partial charge in [0.1, 0.15) is 11.5 Å². The minimum Gasteiger partial charge on any atom is -0.457 e. The maximum atomic E-state index is 12.4. The summed E-state index contributed by atoms with van der Waals surface area (Å²) >= 11 is 7.29. The lowest BCUT2D eigenvalue weighted by atomic mass is 10.2. The maximum absolute atomic E-state index is 12.4. The summed E-state index contributed by atoms with van der Waals surface area (Å²) in [7, 11) is 0. The Morgan fingerprint density at radius 3 is 2.62 bits per heavy atom. The van der Waals surface area contributed by atoms with Crippen LogP contribution in [-0.4, -0.2) is 29.1 Å². The van der Waals surface area contributed by atoms with E-state index in [1.165, 1.54) is 11.8 Å². The summed E-state index contributed by atoms with van der Waals surface area (Å²) in [5.74, 6) is 1.35. The lowest BCUT2D eigenvalue weighted by Gasteiger charge is -2.11. The van der Waals surface area contributed by atoms with E-state index in [1.54, 1.807) is 11.0 Å². The van der Waals surface area contributed by atoms with Gasteiger partial charge in [0, 0.05) is 29.8 Å². The first-order valence-electron chi connectivity index (χ1n) is 7.74. The van der Waals surface area contributed by atoms with Crippen molar-refractivity contribution in [1.82, 2.24) is 4.90 Å². The quantitative estimate of drug-likeness (QED) is 0.727. The average Bonchev–Trinajstić information content (AvgIpc) is 3.14. The molecular formula is C18H17ClN2O2S. The van der Waals surface area contributed by atoms with Crippen molar-refractivity contribution in [2.45, 2.75) is 13.8 Å². The molecular weight excluding hydrogens is 344 g/mol. The SMILES string of the molecule is CCN=C1S/C(=C/c2ccc(-c3ccc(Cl)cc3)o2)C(=O)N1CC. The van der Waals surface area contributed by atoms with Gasteiger partial charge in [0.15, 0.2) is 5.17 Å². The Morgan fingerprint density at radius 2 is 1.96 bits per heavy atom. The van der Waals surface area contributed by atoms with Gasteiger partial charge in [-0.15, -0.1) is 0 Å². The summed E-state index contributed by atoms with van der Waals surface area (Å²) in [4.78, 5) is 19.1. The van der Waals surface area contributed by atoms with Gasteiger partial charge >= 0.3 is 0 Å². The number of hydrogen-bond donors (Lipinski definition) is 0. The molecule has 0 spiro atoms. The van der Waals surface area contributed by atoms with E-state index in [1.807, 2.05) is 50.2 Å². The molecule has 1 amide bonds. The number of likely N-dealkylation sites (N-methyl/N-ethyl adjacent to an activating group) is 1. The molecule has 124 valence electrons. The molecule has 1 saturated heterocycles. The summed E-state index contributed by atoms with van der Waals surface area (Å²) in [6, 6.07) is 11.2. The third-order valence-corrected chi connectivity index (χ3v) is 4.82. The topological polar surface area (TPSA) is 45.8 Å². The maximum Gasteiger partial charge on any atom is 0.266 e. The number of aliphatic imine (C=N–C) groups is 1. The van der Waals surface area contributed by atoms with E-state index in [0.717, 1.165) is 16.5 Å². The number of halogens is 1. The zero-order chi connectivity index (χ0) is 17.1. The molecule has 0 atom stereocenters. The molecule has 1 aromatic heterocycles. The summed E-state index contributed by atoms with van der Waals surface area (Å²) in [6.07, 6.45) is 1.77. The van der Waals surface area contributed by atoms with Gasteiger partial charge in [0.25, 0.3) is 5.91 Å². The van der Waals surface area contributed by atoms with Crippen molar-refractivity contribution in [3.8, 4) is 11.3 Å². The number of carbonyl (C=O) groups excluding carboxylic acids is 1. The first kappa shape index (κ1) is 16.9. The molecule has 0 bridgehead atoms. The Morgan fingerprint density at radius 1 is 1.21 bits per heavy atom. The normalized spacial score (nSPS) is 18.1. The van der Waals surface area contributed by atoms with Crippen LogP contribution in [0.25, 0.3) is 17.4 Å². The van der Waals surface area contributed by atoms with Crippen LogP contribution in [0.5, 0.6) is 0 Å². The first-order chi connectivity index (χ1) is 11.6. The molecule has 1 aromatic carbocycles. The number of rotatable bonds is 4. The van der Waals surface area contributed by atoms with Crippen molar-refractivity contribution < 1.29 is 9.21 Å². The number of furan rings is 1. The second kappa shape index (κ2) is 7.28. The van der Waals surface area contributed by atoms with Crippen LogP contribution < -0.4 is 0 Å². The Hall–Kier alpha value is -1.98. The fourth-order valence-corrected chi connectivity index (χ4v) is 3.58. The van der Waals surface area contributed by atoms with Crippen LogP contribution in [0.15, 0.2) is 50.7 Å². The number of amidine groups is 1. The van der Waals surface area contributed by atoms with Gasteiger partial charge in [0.2, 0.25) is 0 Å². The van der Waals surface area contributed by atoms with Crippen LogP contribution in [0.2, 0.25) is 5.02 Å². The van der Waals surface area contributed by atoms with Crippen molar-refractivity contribution in [2.24, 2.45) is 4.99 Å². The highest BCUT2D eigenvalue weighted by molar-refractivity contribution is 8.18. The number of benzene rings is 1. The van der Waals surface area contributed by atoms with Crippen LogP contribution in [0.1, 0.15) is 19.6 Å². The molecule has 0 saturated carbocycles. The molecule has 0 unspecified atom stereocenters. The van der Waals surface area contributed by atoms with Gasteiger partial charge in [-0.1, -0.05) is 11.6 Å². The fraction of sp³-hybridized carbons (Fsp3) is 0.222. The first-order valence-corrected chi connectivity index (χ1v) is 8.93. The van der Waals surface area contributed by atoms with Crippen molar-refractivity contribution >= 4 is 40.5 Å². The predicted octanol–water partition coefficient (Wildman–Crippen LogP) is 4.91. The van der Waals surface area contributed by atoms with Crippen LogP contribution in [0.4, 0.5) is 0 Å².